The lowest BCUT2D eigenvalue weighted by Crippen LogP contribution is -2.32. The largest absolute Gasteiger partial charge is 0.496 e. The van der Waals surface area contributed by atoms with Crippen molar-refractivity contribution in [1.29, 1.82) is 0 Å². The second kappa shape index (κ2) is 10.3. The molecule has 164 valence electrons. The lowest BCUT2D eigenvalue weighted by molar-refractivity contribution is -0.168. The second-order valence-corrected chi connectivity index (χ2v) is 6.85. The third-order valence-electron chi connectivity index (χ3n) is 4.29. The van der Waals surface area contributed by atoms with Gasteiger partial charge in [0.1, 0.15) is 12.4 Å². The molecule has 5 nitrogen and oxygen atoms in total. The zero-order valence-corrected chi connectivity index (χ0v) is 16.9. The minimum Gasteiger partial charge on any atom is -0.496 e. The van der Waals surface area contributed by atoms with Gasteiger partial charge in [-0.25, -0.2) is 13.6 Å². The summed E-state index contributed by atoms with van der Waals surface area (Å²) in [6, 6.07) is 11.6. The summed E-state index contributed by atoms with van der Waals surface area (Å²) < 4.78 is 60.0. The van der Waals surface area contributed by atoms with Gasteiger partial charge in [0, 0.05) is 19.3 Å². The first kappa shape index (κ1) is 23.5. The second-order valence-electron chi connectivity index (χ2n) is 6.85. The van der Waals surface area contributed by atoms with Gasteiger partial charge in [0.15, 0.2) is 0 Å². The van der Waals surface area contributed by atoms with Gasteiger partial charge in [0.25, 0.3) is 0 Å². The third-order valence-corrected chi connectivity index (χ3v) is 4.29. The highest BCUT2D eigenvalue weighted by atomic mass is 19.3. The highest BCUT2D eigenvalue weighted by molar-refractivity contribution is 5.89. The van der Waals surface area contributed by atoms with Crippen LogP contribution in [0.1, 0.15) is 16.7 Å². The Balaban J connectivity index is 1.91. The molecular weight excluding hydrogens is 404 g/mol. The van der Waals surface area contributed by atoms with Crippen molar-refractivity contribution in [2.45, 2.75) is 32.4 Å². The monoisotopic (exact) mass is 428 g/mol. The van der Waals surface area contributed by atoms with E-state index in [-0.39, 0.29) is 12.6 Å². The van der Waals surface area contributed by atoms with Gasteiger partial charge < -0.3 is 19.7 Å². The molecule has 0 saturated heterocycles. The van der Waals surface area contributed by atoms with Crippen LogP contribution in [0.15, 0.2) is 42.5 Å². The molecule has 0 radical (unpaired) electrons. The summed E-state index contributed by atoms with van der Waals surface area (Å²) in [6.07, 6.45) is -3.78. The van der Waals surface area contributed by atoms with E-state index >= 15 is 0 Å². The molecule has 9 heteroatoms. The SMILES string of the molecule is COc1ccc(CN(C)C(=O)Nc2cccc(COCC(F)(F)C(F)F)c2)cc1C. The van der Waals surface area contributed by atoms with E-state index < -0.39 is 19.0 Å². The number of methoxy groups -OCH3 is 1. The van der Waals surface area contributed by atoms with E-state index in [9.17, 15) is 22.4 Å². The molecule has 0 saturated carbocycles. The van der Waals surface area contributed by atoms with E-state index in [0.717, 1.165) is 16.9 Å². The predicted molar refractivity (Wildman–Crippen MR) is 105 cm³/mol. The van der Waals surface area contributed by atoms with Crippen molar-refractivity contribution in [3.8, 4) is 5.75 Å². The Morgan fingerprint density at radius 3 is 2.53 bits per heavy atom. The molecule has 2 aromatic rings. The number of aryl methyl sites for hydroxylation is 1. The summed E-state index contributed by atoms with van der Waals surface area (Å²) in [5.41, 5.74) is 2.77. The normalized spacial score (nSPS) is 11.5. The summed E-state index contributed by atoms with van der Waals surface area (Å²) in [4.78, 5) is 13.9. The molecule has 0 fully saturated rings. The molecule has 2 amide bonds. The van der Waals surface area contributed by atoms with Crippen LogP contribution in [-0.2, 0) is 17.9 Å². The van der Waals surface area contributed by atoms with Crippen molar-refractivity contribution in [3.63, 3.8) is 0 Å². The first-order chi connectivity index (χ1) is 14.1. The lowest BCUT2D eigenvalue weighted by atomic mass is 10.1. The van der Waals surface area contributed by atoms with Gasteiger partial charge in [-0.15, -0.1) is 0 Å². The zero-order chi connectivity index (χ0) is 22.3. The average molecular weight is 428 g/mol. The van der Waals surface area contributed by atoms with Crippen molar-refractivity contribution in [3.05, 3.63) is 59.2 Å². The number of carbonyl (C=O) groups excluding carboxylic acids is 1. The van der Waals surface area contributed by atoms with Crippen molar-refractivity contribution in [2.24, 2.45) is 0 Å². The standard InChI is InChI=1S/C21H24F4N2O3/c1-14-9-15(7-8-18(14)29-3)11-27(2)20(28)26-17-6-4-5-16(10-17)12-30-13-21(24,25)19(22)23/h4-10,19H,11-13H2,1-3H3,(H,26,28). The molecule has 0 aliphatic rings. The van der Waals surface area contributed by atoms with Gasteiger partial charge in [-0.3, -0.25) is 0 Å². The van der Waals surface area contributed by atoms with Crippen LogP contribution in [-0.4, -0.2) is 44.0 Å². The van der Waals surface area contributed by atoms with Crippen molar-refractivity contribution in [2.75, 3.05) is 26.1 Å². The number of hydrogen-bond acceptors (Lipinski definition) is 3. The fourth-order valence-electron chi connectivity index (χ4n) is 2.71. The number of nitrogens with zero attached hydrogens (tertiary/aromatic N) is 1. The van der Waals surface area contributed by atoms with Crippen LogP contribution in [0.5, 0.6) is 5.75 Å². The maximum Gasteiger partial charge on any atom is 0.330 e. The van der Waals surface area contributed by atoms with Crippen LogP contribution in [0.4, 0.5) is 28.0 Å². The summed E-state index contributed by atoms with van der Waals surface area (Å²) in [5.74, 6) is -3.44. The summed E-state index contributed by atoms with van der Waals surface area (Å²) in [6.45, 7) is 0.605. The van der Waals surface area contributed by atoms with Crippen LogP contribution in [0, 0.1) is 6.92 Å². The van der Waals surface area contributed by atoms with Crippen LogP contribution in [0.2, 0.25) is 0 Å². The molecule has 0 spiro atoms. The van der Waals surface area contributed by atoms with Crippen LogP contribution in [0.3, 0.4) is 0 Å². The molecule has 0 aliphatic heterocycles. The summed E-state index contributed by atoms with van der Waals surface area (Å²) >= 11 is 0. The van der Waals surface area contributed by atoms with E-state index in [4.69, 9.17) is 9.47 Å². The van der Waals surface area contributed by atoms with Crippen molar-refractivity contribution < 1.29 is 31.8 Å². The maximum absolute atomic E-state index is 12.9. The fraction of sp³-hybridized carbons (Fsp3) is 0.381. The van der Waals surface area contributed by atoms with Crippen LogP contribution < -0.4 is 10.1 Å². The molecule has 30 heavy (non-hydrogen) atoms. The van der Waals surface area contributed by atoms with Gasteiger partial charge in [-0.2, -0.15) is 8.78 Å². The number of ether oxygens (including phenoxy) is 2. The summed E-state index contributed by atoms with van der Waals surface area (Å²) in [7, 11) is 3.22. The smallest absolute Gasteiger partial charge is 0.330 e. The summed E-state index contributed by atoms with van der Waals surface area (Å²) in [5, 5.41) is 2.70. The topological polar surface area (TPSA) is 50.8 Å². The molecule has 0 heterocycles. The van der Waals surface area contributed by atoms with Gasteiger partial charge in [0.05, 0.1) is 13.7 Å². The van der Waals surface area contributed by atoms with Crippen molar-refractivity contribution >= 4 is 11.7 Å². The fourth-order valence-corrected chi connectivity index (χ4v) is 2.71. The number of nitrogens with one attached hydrogen (secondary N) is 1. The highest BCUT2D eigenvalue weighted by Crippen LogP contribution is 2.24. The van der Waals surface area contributed by atoms with Gasteiger partial charge in [0.2, 0.25) is 0 Å². The number of halogens is 4. The van der Waals surface area contributed by atoms with E-state index in [0.29, 0.717) is 17.8 Å². The zero-order valence-electron chi connectivity index (χ0n) is 16.9. The molecule has 2 rings (SSSR count). The maximum atomic E-state index is 12.9. The van der Waals surface area contributed by atoms with E-state index in [2.05, 4.69) is 5.32 Å². The molecular formula is C21H24F4N2O3. The van der Waals surface area contributed by atoms with Gasteiger partial charge >= 0.3 is 18.4 Å². The van der Waals surface area contributed by atoms with Gasteiger partial charge in [-0.1, -0.05) is 24.3 Å². The highest BCUT2D eigenvalue weighted by Gasteiger charge is 2.40. The van der Waals surface area contributed by atoms with E-state index in [1.165, 1.54) is 11.0 Å². The minimum absolute atomic E-state index is 0.285. The van der Waals surface area contributed by atoms with Crippen LogP contribution >= 0.6 is 0 Å². The number of hydrogen-bond donors (Lipinski definition) is 1. The van der Waals surface area contributed by atoms with Gasteiger partial charge in [-0.05, 0) is 41.8 Å². The quantitative estimate of drug-likeness (QED) is 0.567. The Morgan fingerprint density at radius 1 is 1.17 bits per heavy atom. The molecule has 0 atom stereocenters. The minimum atomic E-state index is -4.20. The van der Waals surface area contributed by atoms with Crippen molar-refractivity contribution in [1.82, 2.24) is 4.90 Å². The predicted octanol–water partition coefficient (Wildman–Crippen LogP) is 5.08. The Hall–Kier alpha value is -2.81. The molecule has 0 aromatic heterocycles. The number of anilines is 1. The number of amides is 2. The average Bonchev–Trinajstić information content (AvgIpc) is 2.68. The van der Waals surface area contributed by atoms with Crippen LogP contribution in [0.25, 0.3) is 0 Å². The Labute approximate surface area is 172 Å². The number of carbonyl (C=O) groups is 1. The van der Waals surface area contributed by atoms with E-state index in [1.807, 2.05) is 25.1 Å². The Morgan fingerprint density at radius 2 is 1.90 bits per heavy atom. The lowest BCUT2D eigenvalue weighted by Gasteiger charge is -2.19. The molecule has 0 aliphatic carbocycles. The number of alkyl halides is 4. The number of benzene rings is 2. The molecule has 2 aromatic carbocycles. The Kier molecular flexibility index (Phi) is 8.05. The molecule has 0 bridgehead atoms. The first-order valence-corrected chi connectivity index (χ1v) is 9.10. The molecule has 0 unspecified atom stereocenters. The number of urea groups is 1. The molecule has 1 N–H and O–H groups in total. The van der Waals surface area contributed by atoms with E-state index in [1.54, 1.807) is 32.4 Å². The first-order valence-electron chi connectivity index (χ1n) is 9.10. The Bertz CT molecular complexity index is 862. The number of rotatable bonds is 9. The third kappa shape index (κ3) is 6.62.